The molecule has 3 aromatic rings. The molecule has 0 fully saturated rings. The molecular weight excluding hydrogens is 290 g/mol. The van der Waals surface area contributed by atoms with Crippen molar-refractivity contribution in [1.29, 1.82) is 0 Å². The van der Waals surface area contributed by atoms with Gasteiger partial charge in [0, 0.05) is 37.8 Å². The molecule has 5 heteroatoms. The minimum Gasteiger partial charge on any atom is -0.465 e. The second kappa shape index (κ2) is 6.87. The van der Waals surface area contributed by atoms with Gasteiger partial charge in [0.1, 0.15) is 5.82 Å². The molecule has 116 valence electrons. The molecule has 2 aromatic heterocycles. The van der Waals surface area contributed by atoms with Crippen molar-refractivity contribution in [2.75, 3.05) is 7.11 Å². The summed E-state index contributed by atoms with van der Waals surface area (Å²) in [4.78, 5) is 20.4. The normalized spacial score (nSPS) is 10.5. The summed E-state index contributed by atoms with van der Waals surface area (Å²) in [6.07, 6.45) is 7.97. The third-order valence-electron chi connectivity index (χ3n) is 3.65. The molecule has 5 nitrogen and oxygen atoms in total. The van der Waals surface area contributed by atoms with Crippen LogP contribution in [0.4, 0.5) is 0 Å². The number of carbonyl (C=O) groups is 1. The number of esters is 1. The Morgan fingerprint density at radius 3 is 2.83 bits per heavy atom. The van der Waals surface area contributed by atoms with Crippen molar-refractivity contribution in [3.05, 3.63) is 83.7 Å². The Morgan fingerprint density at radius 2 is 2.04 bits per heavy atom. The highest BCUT2D eigenvalue weighted by molar-refractivity contribution is 5.90. The van der Waals surface area contributed by atoms with E-state index in [9.17, 15) is 4.79 Å². The fourth-order valence-corrected chi connectivity index (χ4v) is 2.49. The molecule has 0 radical (unpaired) electrons. The number of rotatable bonds is 5. The molecule has 0 saturated carbocycles. The van der Waals surface area contributed by atoms with Gasteiger partial charge < -0.3 is 9.30 Å². The van der Waals surface area contributed by atoms with E-state index in [0.29, 0.717) is 18.5 Å². The Morgan fingerprint density at radius 1 is 1.17 bits per heavy atom. The van der Waals surface area contributed by atoms with E-state index in [-0.39, 0.29) is 5.97 Å². The Kier molecular flexibility index (Phi) is 4.47. The molecule has 2 heterocycles. The van der Waals surface area contributed by atoms with Gasteiger partial charge >= 0.3 is 5.97 Å². The van der Waals surface area contributed by atoms with Crippen LogP contribution >= 0.6 is 0 Å². The molecule has 0 aliphatic rings. The molecule has 1 aromatic carbocycles. The lowest BCUT2D eigenvalue weighted by Crippen LogP contribution is -2.11. The van der Waals surface area contributed by atoms with Crippen molar-refractivity contribution in [2.24, 2.45) is 0 Å². The maximum absolute atomic E-state index is 11.9. The molecule has 0 saturated heterocycles. The Balaban J connectivity index is 1.85. The molecule has 0 amide bonds. The summed E-state index contributed by atoms with van der Waals surface area (Å²) in [6, 6.07) is 11.4. The van der Waals surface area contributed by atoms with Gasteiger partial charge in [0.15, 0.2) is 0 Å². The number of hydrogen-bond donors (Lipinski definition) is 0. The summed E-state index contributed by atoms with van der Waals surface area (Å²) in [6.45, 7) is 0.570. The molecule has 0 aliphatic heterocycles. The van der Waals surface area contributed by atoms with Gasteiger partial charge in [-0.3, -0.25) is 4.98 Å². The first kappa shape index (κ1) is 15.0. The van der Waals surface area contributed by atoms with E-state index >= 15 is 0 Å². The van der Waals surface area contributed by atoms with Gasteiger partial charge in [0.25, 0.3) is 0 Å². The highest BCUT2D eigenvalue weighted by Crippen LogP contribution is 2.14. The molecule has 0 aliphatic carbocycles. The van der Waals surface area contributed by atoms with E-state index in [1.54, 1.807) is 18.5 Å². The summed E-state index contributed by atoms with van der Waals surface area (Å²) in [5.41, 5.74) is 2.59. The maximum Gasteiger partial charge on any atom is 0.338 e. The second-order valence-corrected chi connectivity index (χ2v) is 5.16. The fourth-order valence-electron chi connectivity index (χ4n) is 2.49. The summed E-state index contributed by atoms with van der Waals surface area (Å²) in [5, 5.41) is 0. The van der Waals surface area contributed by atoms with Crippen LogP contribution in [0.2, 0.25) is 0 Å². The van der Waals surface area contributed by atoms with E-state index in [1.807, 2.05) is 47.3 Å². The minimum atomic E-state index is -0.325. The molecule has 0 N–H and O–H groups in total. The average molecular weight is 307 g/mol. The first-order valence-electron chi connectivity index (χ1n) is 7.33. The largest absolute Gasteiger partial charge is 0.465 e. The summed E-state index contributed by atoms with van der Waals surface area (Å²) < 4.78 is 6.89. The summed E-state index contributed by atoms with van der Waals surface area (Å²) in [7, 11) is 1.39. The van der Waals surface area contributed by atoms with Crippen LogP contribution in [0, 0.1) is 0 Å². The topological polar surface area (TPSA) is 57.0 Å². The lowest BCUT2D eigenvalue weighted by atomic mass is 10.1. The van der Waals surface area contributed by atoms with Crippen molar-refractivity contribution in [3.63, 3.8) is 0 Å². The molecule has 0 unspecified atom stereocenters. The van der Waals surface area contributed by atoms with Crippen LogP contribution < -0.4 is 0 Å². The third-order valence-corrected chi connectivity index (χ3v) is 3.65. The number of ether oxygens (including phenoxy) is 1. The zero-order chi connectivity index (χ0) is 16.1. The lowest BCUT2D eigenvalue weighted by Gasteiger charge is -2.11. The number of benzene rings is 1. The number of methoxy groups -OCH3 is 1. The van der Waals surface area contributed by atoms with Crippen LogP contribution in [0.25, 0.3) is 0 Å². The summed E-state index contributed by atoms with van der Waals surface area (Å²) in [5.74, 6) is 0.604. The van der Waals surface area contributed by atoms with Gasteiger partial charge in [-0.1, -0.05) is 24.3 Å². The quantitative estimate of drug-likeness (QED) is 0.680. The van der Waals surface area contributed by atoms with Gasteiger partial charge in [0.05, 0.1) is 12.7 Å². The van der Waals surface area contributed by atoms with Crippen molar-refractivity contribution in [2.45, 2.75) is 13.0 Å². The number of nitrogens with zero attached hydrogens (tertiary/aromatic N) is 3. The average Bonchev–Trinajstić information content (AvgIpc) is 3.02. The molecule has 3 rings (SSSR count). The Bertz CT molecular complexity index is 797. The Labute approximate surface area is 134 Å². The standard InChI is InChI=1S/C18H17N3O2/c1-23-18(22)16-7-3-2-6-15(16)13-21-10-9-20-17(21)11-14-5-4-8-19-12-14/h2-10,12H,11,13H2,1H3. The minimum absolute atomic E-state index is 0.325. The lowest BCUT2D eigenvalue weighted by molar-refractivity contribution is 0.0599. The number of hydrogen-bond acceptors (Lipinski definition) is 4. The van der Waals surface area contributed by atoms with Crippen molar-refractivity contribution < 1.29 is 9.53 Å². The van der Waals surface area contributed by atoms with E-state index in [1.165, 1.54) is 7.11 Å². The van der Waals surface area contributed by atoms with E-state index < -0.39 is 0 Å². The van der Waals surface area contributed by atoms with E-state index in [4.69, 9.17) is 4.74 Å². The monoisotopic (exact) mass is 307 g/mol. The molecule has 0 atom stereocenters. The zero-order valence-electron chi connectivity index (χ0n) is 12.8. The Hall–Kier alpha value is -2.95. The highest BCUT2D eigenvalue weighted by Gasteiger charge is 2.12. The highest BCUT2D eigenvalue weighted by atomic mass is 16.5. The third kappa shape index (κ3) is 3.45. The SMILES string of the molecule is COC(=O)c1ccccc1Cn1ccnc1Cc1cccnc1. The van der Waals surface area contributed by atoms with Gasteiger partial charge in [-0.05, 0) is 23.3 Å². The number of imidazole rings is 1. The number of carbonyl (C=O) groups excluding carboxylic acids is 1. The number of aromatic nitrogens is 3. The van der Waals surface area contributed by atoms with Crippen LogP contribution in [-0.2, 0) is 17.7 Å². The maximum atomic E-state index is 11.9. The van der Waals surface area contributed by atoms with Crippen molar-refractivity contribution in [1.82, 2.24) is 14.5 Å². The van der Waals surface area contributed by atoms with Crippen molar-refractivity contribution >= 4 is 5.97 Å². The van der Waals surface area contributed by atoms with Gasteiger partial charge in [0.2, 0.25) is 0 Å². The molecule has 0 bridgehead atoms. The molecular formula is C18H17N3O2. The number of pyridine rings is 1. The van der Waals surface area contributed by atoms with Crippen molar-refractivity contribution in [3.8, 4) is 0 Å². The first-order chi connectivity index (χ1) is 11.3. The molecule has 0 spiro atoms. The van der Waals surface area contributed by atoms with Crippen LogP contribution in [0.3, 0.4) is 0 Å². The van der Waals surface area contributed by atoms with Gasteiger partial charge in [-0.25, -0.2) is 9.78 Å². The van der Waals surface area contributed by atoms with E-state index in [2.05, 4.69) is 9.97 Å². The second-order valence-electron chi connectivity index (χ2n) is 5.16. The zero-order valence-corrected chi connectivity index (χ0v) is 12.8. The van der Waals surface area contributed by atoms with E-state index in [0.717, 1.165) is 17.0 Å². The summed E-state index contributed by atoms with van der Waals surface area (Å²) >= 11 is 0. The first-order valence-corrected chi connectivity index (χ1v) is 7.33. The fraction of sp³-hybridized carbons (Fsp3) is 0.167. The van der Waals surface area contributed by atoms with Gasteiger partial charge in [-0.2, -0.15) is 0 Å². The smallest absolute Gasteiger partial charge is 0.338 e. The van der Waals surface area contributed by atoms with Crippen LogP contribution in [0.5, 0.6) is 0 Å². The van der Waals surface area contributed by atoms with Crippen LogP contribution in [0.15, 0.2) is 61.2 Å². The molecule has 23 heavy (non-hydrogen) atoms. The predicted molar refractivity (Wildman–Crippen MR) is 86.2 cm³/mol. The van der Waals surface area contributed by atoms with Crippen LogP contribution in [-0.4, -0.2) is 27.6 Å². The van der Waals surface area contributed by atoms with Gasteiger partial charge in [-0.15, -0.1) is 0 Å². The van der Waals surface area contributed by atoms with Crippen LogP contribution in [0.1, 0.15) is 27.3 Å². The predicted octanol–water partition coefficient (Wildman–Crippen LogP) is 2.70.